The van der Waals surface area contributed by atoms with Crippen LogP contribution < -0.4 is 10.6 Å². The lowest BCUT2D eigenvalue weighted by molar-refractivity contribution is -0.113. The van der Waals surface area contributed by atoms with Gasteiger partial charge in [-0.2, -0.15) is 0 Å². The zero-order valence-electron chi connectivity index (χ0n) is 16.0. The molecule has 2 amide bonds. The highest BCUT2D eigenvalue weighted by Crippen LogP contribution is 2.17. The van der Waals surface area contributed by atoms with Crippen molar-refractivity contribution in [2.45, 2.75) is 18.6 Å². The minimum absolute atomic E-state index is 0.158. The zero-order chi connectivity index (χ0) is 20.8. The Morgan fingerprint density at radius 2 is 1.90 bits per heavy atom. The fourth-order valence-corrected chi connectivity index (χ4v) is 3.39. The third-order valence-corrected chi connectivity index (χ3v) is 5.34. The predicted molar refractivity (Wildman–Crippen MR) is 114 cm³/mol. The molecule has 0 atom stereocenters. The Morgan fingerprint density at radius 3 is 2.62 bits per heavy atom. The third kappa shape index (κ3) is 5.82. The second kappa shape index (κ2) is 9.58. The van der Waals surface area contributed by atoms with E-state index in [4.69, 9.17) is 11.6 Å². The maximum atomic E-state index is 12.3. The lowest BCUT2D eigenvalue weighted by Crippen LogP contribution is -2.24. The molecule has 0 radical (unpaired) electrons. The number of benzene rings is 2. The molecule has 0 unspecified atom stereocenters. The monoisotopic (exact) mass is 429 g/mol. The van der Waals surface area contributed by atoms with Gasteiger partial charge in [-0.3, -0.25) is 9.59 Å². The fourth-order valence-electron chi connectivity index (χ4n) is 2.53. The van der Waals surface area contributed by atoms with Gasteiger partial charge in [0.25, 0.3) is 5.91 Å². The SMILES string of the molecule is Cc1cccc(C(=O)NCc2nnc(SCC(=O)Nc3ccc(Cl)cc3)n2C)c1. The molecule has 0 aliphatic carbocycles. The minimum Gasteiger partial charge on any atom is -0.345 e. The maximum absolute atomic E-state index is 12.3. The van der Waals surface area contributed by atoms with E-state index in [-0.39, 0.29) is 24.1 Å². The second-order valence-electron chi connectivity index (χ2n) is 6.35. The summed E-state index contributed by atoms with van der Waals surface area (Å²) in [6.07, 6.45) is 0. The van der Waals surface area contributed by atoms with Gasteiger partial charge in [0.2, 0.25) is 5.91 Å². The van der Waals surface area contributed by atoms with E-state index in [1.54, 1.807) is 41.9 Å². The summed E-state index contributed by atoms with van der Waals surface area (Å²) in [4.78, 5) is 24.4. The molecule has 0 bridgehead atoms. The molecule has 1 aromatic heterocycles. The van der Waals surface area contributed by atoms with E-state index in [2.05, 4.69) is 20.8 Å². The van der Waals surface area contributed by atoms with Crippen molar-refractivity contribution in [1.29, 1.82) is 0 Å². The normalized spacial score (nSPS) is 10.6. The van der Waals surface area contributed by atoms with Crippen molar-refractivity contribution in [1.82, 2.24) is 20.1 Å². The number of nitrogens with one attached hydrogen (secondary N) is 2. The number of rotatable bonds is 7. The largest absolute Gasteiger partial charge is 0.345 e. The van der Waals surface area contributed by atoms with E-state index in [1.165, 1.54) is 11.8 Å². The Morgan fingerprint density at radius 1 is 1.14 bits per heavy atom. The molecule has 0 aliphatic heterocycles. The molecule has 2 N–H and O–H groups in total. The molecule has 7 nitrogen and oxygen atoms in total. The second-order valence-corrected chi connectivity index (χ2v) is 7.73. The Labute approximate surface area is 177 Å². The molecule has 0 fully saturated rings. The van der Waals surface area contributed by atoms with Crippen LogP contribution in [-0.4, -0.2) is 32.3 Å². The maximum Gasteiger partial charge on any atom is 0.251 e. The molecule has 1 heterocycles. The van der Waals surface area contributed by atoms with Crippen molar-refractivity contribution < 1.29 is 9.59 Å². The lowest BCUT2D eigenvalue weighted by atomic mass is 10.1. The van der Waals surface area contributed by atoms with E-state index in [0.29, 0.717) is 27.3 Å². The molecule has 2 aromatic carbocycles. The summed E-state index contributed by atoms with van der Waals surface area (Å²) >= 11 is 7.10. The Kier molecular flexibility index (Phi) is 6.90. The predicted octanol–water partition coefficient (Wildman–Crippen LogP) is 3.44. The minimum atomic E-state index is -0.173. The summed E-state index contributed by atoms with van der Waals surface area (Å²) < 4.78 is 1.76. The van der Waals surface area contributed by atoms with E-state index in [9.17, 15) is 9.59 Å². The highest BCUT2D eigenvalue weighted by atomic mass is 35.5. The van der Waals surface area contributed by atoms with Gasteiger partial charge in [-0.25, -0.2) is 0 Å². The van der Waals surface area contributed by atoms with Crippen LogP contribution in [0.15, 0.2) is 53.7 Å². The van der Waals surface area contributed by atoms with Gasteiger partial charge in [0.15, 0.2) is 11.0 Å². The van der Waals surface area contributed by atoms with Gasteiger partial charge in [-0.15, -0.1) is 10.2 Å². The van der Waals surface area contributed by atoms with Crippen LogP contribution in [0.1, 0.15) is 21.7 Å². The summed E-state index contributed by atoms with van der Waals surface area (Å²) in [5.74, 6) is 0.457. The first-order valence-electron chi connectivity index (χ1n) is 8.84. The molecule has 3 aromatic rings. The van der Waals surface area contributed by atoms with Gasteiger partial charge in [-0.05, 0) is 43.3 Å². The Balaban J connectivity index is 1.51. The van der Waals surface area contributed by atoms with Crippen LogP contribution >= 0.6 is 23.4 Å². The molecule has 0 spiro atoms. The fraction of sp³-hybridized carbons (Fsp3) is 0.200. The van der Waals surface area contributed by atoms with Gasteiger partial charge in [0, 0.05) is 23.3 Å². The van der Waals surface area contributed by atoms with E-state index < -0.39 is 0 Å². The summed E-state index contributed by atoms with van der Waals surface area (Å²) in [7, 11) is 1.80. The average Bonchev–Trinajstić information content (AvgIpc) is 3.06. The number of hydrogen-bond donors (Lipinski definition) is 2. The van der Waals surface area contributed by atoms with Crippen LogP contribution in [0.25, 0.3) is 0 Å². The van der Waals surface area contributed by atoms with Crippen LogP contribution in [0.5, 0.6) is 0 Å². The quantitative estimate of drug-likeness (QED) is 0.561. The molecule has 150 valence electrons. The third-order valence-electron chi connectivity index (χ3n) is 4.07. The lowest BCUT2D eigenvalue weighted by Gasteiger charge is -2.07. The highest BCUT2D eigenvalue weighted by Gasteiger charge is 2.13. The van der Waals surface area contributed by atoms with E-state index in [1.807, 2.05) is 25.1 Å². The van der Waals surface area contributed by atoms with Crippen molar-refractivity contribution in [3.8, 4) is 0 Å². The number of aromatic nitrogens is 3. The van der Waals surface area contributed by atoms with E-state index >= 15 is 0 Å². The van der Waals surface area contributed by atoms with Gasteiger partial charge in [0.05, 0.1) is 12.3 Å². The number of carbonyl (C=O) groups is 2. The van der Waals surface area contributed by atoms with Crippen molar-refractivity contribution in [3.63, 3.8) is 0 Å². The molecule has 0 saturated heterocycles. The molecule has 0 saturated carbocycles. The topological polar surface area (TPSA) is 88.9 Å². The van der Waals surface area contributed by atoms with Gasteiger partial charge in [-0.1, -0.05) is 41.1 Å². The number of anilines is 1. The average molecular weight is 430 g/mol. The molecular formula is C20H20ClN5O2S. The van der Waals surface area contributed by atoms with Gasteiger partial charge < -0.3 is 15.2 Å². The number of thioether (sulfide) groups is 1. The number of aryl methyl sites for hydroxylation is 1. The summed E-state index contributed by atoms with van der Waals surface area (Å²) in [6.45, 7) is 2.18. The van der Waals surface area contributed by atoms with Crippen LogP contribution in [0, 0.1) is 6.92 Å². The first-order chi connectivity index (χ1) is 13.9. The standard InChI is InChI=1S/C20H20ClN5O2S/c1-13-4-3-5-14(10-13)19(28)22-11-17-24-25-20(26(17)2)29-12-18(27)23-16-8-6-15(21)7-9-16/h3-10H,11-12H2,1-2H3,(H,22,28)(H,23,27). The smallest absolute Gasteiger partial charge is 0.251 e. The highest BCUT2D eigenvalue weighted by molar-refractivity contribution is 7.99. The van der Waals surface area contributed by atoms with Crippen molar-refractivity contribution in [2.75, 3.05) is 11.1 Å². The Bertz CT molecular complexity index is 1020. The molecular weight excluding hydrogens is 410 g/mol. The van der Waals surface area contributed by atoms with Crippen molar-refractivity contribution in [3.05, 3.63) is 70.5 Å². The van der Waals surface area contributed by atoms with Crippen LogP contribution in [0.3, 0.4) is 0 Å². The molecule has 29 heavy (non-hydrogen) atoms. The number of nitrogens with zero attached hydrogens (tertiary/aromatic N) is 3. The summed E-state index contributed by atoms with van der Waals surface area (Å²) in [6, 6.07) is 14.3. The zero-order valence-corrected chi connectivity index (χ0v) is 17.5. The van der Waals surface area contributed by atoms with Crippen LogP contribution in [0.4, 0.5) is 5.69 Å². The number of hydrogen-bond acceptors (Lipinski definition) is 5. The number of carbonyl (C=O) groups excluding carboxylic acids is 2. The molecule has 0 aliphatic rings. The van der Waals surface area contributed by atoms with Crippen molar-refractivity contribution >= 4 is 40.9 Å². The van der Waals surface area contributed by atoms with Crippen LogP contribution in [0.2, 0.25) is 5.02 Å². The van der Waals surface area contributed by atoms with E-state index in [0.717, 1.165) is 5.56 Å². The van der Waals surface area contributed by atoms with Crippen LogP contribution in [-0.2, 0) is 18.4 Å². The summed E-state index contributed by atoms with van der Waals surface area (Å²) in [5.41, 5.74) is 2.30. The Hall–Kier alpha value is -2.84. The molecule has 3 rings (SSSR count). The number of amides is 2. The van der Waals surface area contributed by atoms with Gasteiger partial charge >= 0.3 is 0 Å². The summed E-state index contributed by atoms with van der Waals surface area (Å²) in [5, 5.41) is 15.0. The van der Waals surface area contributed by atoms with Gasteiger partial charge in [0.1, 0.15) is 0 Å². The first kappa shape index (κ1) is 20.9. The number of halogens is 1. The van der Waals surface area contributed by atoms with Crippen molar-refractivity contribution in [2.24, 2.45) is 7.05 Å². The molecule has 9 heteroatoms. The first-order valence-corrected chi connectivity index (χ1v) is 10.2.